The maximum Gasteiger partial charge on any atom is 0.422 e. The zero-order valence-corrected chi connectivity index (χ0v) is 28.4. The maximum absolute atomic E-state index is 14.0. The van der Waals surface area contributed by atoms with Gasteiger partial charge in [0.15, 0.2) is 12.4 Å². The third kappa shape index (κ3) is 5.02. The highest BCUT2D eigenvalue weighted by Crippen LogP contribution is 2.54. The van der Waals surface area contributed by atoms with Gasteiger partial charge in [-0.05, 0) is 86.9 Å². The van der Waals surface area contributed by atoms with Crippen molar-refractivity contribution in [1.29, 1.82) is 0 Å². The molecular weight excluding hydrogens is 645 g/mol. The van der Waals surface area contributed by atoms with Crippen LogP contribution in [0.4, 0.5) is 24.9 Å². The van der Waals surface area contributed by atoms with Gasteiger partial charge in [0.05, 0.1) is 17.3 Å². The number of nitrogens with one attached hydrogen (secondary N) is 1. The minimum absolute atomic E-state index is 0.0370. The number of likely N-dealkylation sites (tertiary alicyclic amines) is 2. The normalized spacial score (nSPS) is 21.4. The third-order valence-electron chi connectivity index (χ3n) is 12.1. The highest BCUT2D eigenvalue weighted by molar-refractivity contribution is 6.06. The van der Waals surface area contributed by atoms with Crippen molar-refractivity contribution < 1.29 is 22.7 Å². The summed E-state index contributed by atoms with van der Waals surface area (Å²) in [6.07, 6.45) is 3.34. The number of hydrogen-bond acceptors (Lipinski definition) is 8. The molecule has 1 saturated carbocycles. The van der Waals surface area contributed by atoms with Crippen molar-refractivity contribution in [3.63, 3.8) is 0 Å². The first-order chi connectivity index (χ1) is 24.0. The van der Waals surface area contributed by atoms with E-state index in [-0.39, 0.29) is 28.5 Å². The van der Waals surface area contributed by atoms with Gasteiger partial charge in [0.25, 0.3) is 0 Å². The minimum Gasteiger partial charge on any atom is -0.481 e. The summed E-state index contributed by atoms with van der Waals surface area (Å²) >= 11 is 0. The molecule has 10 nitrogen and oxygen atoms in total. The first-order valence-corrected chi connectivity index (χ1v) is 17.6. The van der Waals surface area contributed by atoms with Crippen LogP contribution in [0.1, 0.15) is 49.1 Å². The number of nitrogens with zero attached hydrogens (tertiary/aromatic N) is 7. The molecule has 50 heavy (non-hydrogen) atoms. The van der Waals surface area contributed by atoms with Gasteiger partial charge in [-0.3, -0.25) is 14.8 Å². The summed E-state index contributed by atoms with van der Waals surface area (Å²) in [6.45, 7) is 9.65. The summed E-state index contributed by atoms with van der Waals surface area (Å²) in [7, 11) is 2.13. The average molecular weight is 687 g/mol. The summed E-state index contributed by atoms with van der Waals surface area (Å²) in [5.74, 6) is 1.57. The van der Waals surface area contributed by atoms with Gasteiger partial charge >= 0.3 is 6.18 Å². The van der Waals surface area contributed by atoms with E-state index in [1.54, 1.807) is 6.20 Å². The van der Waals surface area contributed by atoms with E-state index >= 15 is 0 Å². The molecule has 0 radical (unpaired) electrons. The lowest BCUT2D eigenvalue weighted by atomic mass is 9.72. The van der Waals surface area contributed by atoms with Crippen LogP contribution in [0.25, 0.3) is 32.9 Å². The summed E-state index contributed by atoms with van der Waals surface area (Å²) in [5.41, 5.74) is 4.75. The summed E-state index contributed by atoms with van der Waals surface area (Å²) in [5, 5.41) is 8.88. The Morgan fingerprint density at radius 2 is 1.80 bits per heavy atom. The Kier molecular flexibility index (Phi) is 6.98. The Morgan fingerprint density at radius 3 is 2.44 bits per heavy atom. The molecule has 0 atom stereocenters. The fourth-order valence-corrected chi connectivity index (χ4v) is 8.75. The molecule has 2 aromatic heterocycles. The van der Waals surface area contributed by atoms with Crippen LogP contribution in [0.3, 0.4) is 0 Å². The van der Waals surface area contributed by atoms with Crippen molar-refractivity contribution in [2.45, 2.75) is 56.7 Å². The van der Waals surface area contributed by atoms with Crippen molar-refractivity contribution in [1.82, 2.24) is 30.0 Å². The van der Waals surface area contributed by atoms with Crippen LogP contribution in [0.5, 0.6) is 5.75 Å². The molecule has 4 aliphatic heterocycles. The van der Waals surface area contributed by atoms with Crippen LogP contribution < -0.4 is 14.5 Å². The van der Waals surface area contributed by atoms with Crippen molar-refractivity contribution >= 4 is 39.5 Å². The van der Waals surface area contributed by atoms with Gasteiger partial charge in [-0.15, -0.1) is 0 Å². The van der Waals surface area contributed by atoms with E-state index in [4.69, 9.17) is 14.7 Å². The molecular formula is C37H41F3N8O2. The number of benzene rings is 2. The van der Waals surface area contributed by atoms with Crippen LogP contribution >= 0.6 is 0 Å². The Labute approximate surface area is 288 Å². The average Bonchev–Trinajstić information content (AvgIpc) is 3.80. The number of alkyl halides is 3. The zero-order valence-electron chi connectivity index (χ0n) is 28.4. The van der Waals surface area contributed by atoms with Gasteiger partial charge in [0.2, 0.25) is 11.9 Å². The van der Waals surface area contributed by atoms with Crippen LogP contribution in [-0.4, -0.2) is 107 Å². The molecule has 6 heterocycles. The van der Waals surface area contributed by atoms with Crippen molar-refractivity contribution in [2.75, 3.05) is 69.3 Å². The first-order valence-electron chi connectivity index (χ1n) is 17.6. The molecule has 1 N–H and O–H groups in total. The van der Waals surface area contributed by atoms with E-state index in [9.17, 15) is 18.0 Å². The largest absolute Gasteiger partial charge is 0.481 e. The lowest BCUT2D eigenvalue weighted by Crippen LogP contribution is -2.76. The van der Waals surface area contributed by atoms with Crippen molar-refractivity contribution in [3.8, 4) is 16.9 Å². The summed E-state index contributed by atoms with van der Waals surface area (Å²) < 4.78 is 48.0. The lowest BCUT2D eigenvalue weighted by Gasteiger charge is -2.61. The van der Waals surface area contributed by atoms with E-state index < -0.39 is 12.8 Å². The molecule has 2 spiro atoms. The standard InChI is InChI=1S/C37H41F3N8O2/c1-4-28(49)47-17-35(18-47)9-13-46(14-10-35)33-25-15-24(23-6-7-23)30(29-22(2)5-8-27-26(29)16-41-44-27)32(50-21-37(38,39)40)31(25)42-34(43-33)48-19-36(20-48)11-12-45(36)3/h4-5,8,15-16,23H,1,6-7,9-14,17-21H2,2-3H3,(H,41,44). The van der Waals surface area contributed by atoms with Gasteiger partial charge in [0, 0.05) is 67.6 Å². The number of hydrogen-bond donors (Lipinski definition) is 1. The number of halogens is 3. The second kappa shape index (κ2) is 11.1. The number of carbonyl (C=O) groups is 1. The van der Waals surface area contributed by atoms with Crippen molar-refractivity contribution in [3.05, 3.63) is 48.2 Å². The second-order valence-corrected chi connectivity index (χ2v) is 15.3. The molecule has 0 unspecified atom stereocenters. The molecule has 5 aliphatic rings. The first kappa shape index (κ1) is 31.6. The van der Waals surface area contributed by atoms with Crippen molar-refractivity contribution in [2.24, 2.45) is 5.41 Å². The number of aromatic nitrogens is 4. The van der Waals surface area contributed by atoms with E-state index in [1.807, 2.05) is 24.0 Å². The van der Waals surface area contributed by atoms with Gasteiger partial charge in [-0.25, -0.2) is 4.98 Å². The molecule has 0 bridgehead atoms. The minimum atomic E-state index is -4.54. The number of anilines is 2. The number of ether oxygens (including phenoxy) is 1. The number of aromatic amines is 1. The molecule has 1 amide bonds. The quantitative estimate of drug-likeness (QED) is 0.244. The van der Waals surface area contributed by atoms with E-state index in [1.165, 1.54) is 6.08 Å². The Morgan fingerprint density at radius 1 is 1.04 bits per heavy atom. The Hall–Kier alpha value is -4.39. The van der Waals surface area contributed by atoms with Gasteiger partial charge in [0.1, 0.15) is 11.3 Å². The Balaban J connectivity index is 1.21. The SMILES string of the molecule is C=CC(=O)N1CC2(CCN(c3nc(N4CC5(CCN5C)C4)nc4c(OCC(F)(F)F)c(-c5c(C)ccc6[nH]ncc56)c(C5CC5)cc34)CC2)C1. The van der Waals surface area contributed by atoms with Gasteiger partial charge < -0.3 is 19.4 Å². The third-order valence-corrected chi connectivity index (χ3v) is 12.1. The number of H-pyrrole nitrogens is 1. The highest BCUT2D eigenvalue weighted by Gasteiger charge is 2.53. The topological polar surface area (TPSA) is 93.7 Å². The molecule has 2 aromatic carbocycles. The predicted molar refractivity (Wildman–Crippen MR) is 186 cm³/mol. The molecule has 9 rings (SSSR count). The summed E-state index contributed by atoms with van der Waals surface area (Å²) in [4.78, 5) is 31.2. The number of carbonyl (C=O) groups excluding carboxylic acids is 1. The number of amides is 1. The van der Waals surface area contributed by atoms with Crippen LogP contribution in [-0.2, 0) is 4.79 Å². The monoisotopic (exact) mass is 686 g/mol. The fraction of sp³-hybridized carbons (Fsp3) is 0.514. The highest BCUT2D eigenvalue weighted by atomic mass is 19.4. The van der Waals surface area contributed by atoms with E-state index in [0.717, 1.165) is 104 Å². The Bertz CT molecular complexity index is 2030. The smallest absolute Gasteiger partial charge is 0.422 e. The molecule has 5 fully saturated rings. The zero-order chi connectivity index (χ0) is 34.6. The fourth-order valence-electron chi connectivity index (χ4n) is 8.75. The molecule has 1 aliphatic carbocycles. The molecule has 4 saturated heterocycles. The molecule has 13 heteroatoms. The second-order valence-electron chi connectivity index (χ2n) is 15.3. The maximum atomic E-state index is 14.0. The van der Waals surface area contributed by atoms with Crippen LogP contribution in [0.2, 0.25) is 0 Å². The number of piperidine rings is 1. The van der Waals surface area contributed by atoms with Gasteiger partial charge in [-0.1, -0.05) is 12.6 Å². The lowest BCUT2D eigenvalue weighted by molar-refractivity contribution is -0.153. The van der Waals surface area contributed by atoms with E-state index in [0.29, 0.717) is 30.1 Å². The summed E-state index contributed by atoms with van der Waals surface area (Å²) in [6, 6.07) is 6.06. The number of likely N-dealkylation sites (N-methyl/N-ethyl adjacent to an activating group) is 1. The van der Waals surface area contributed by atoms with Gasteiger partial charge in [-0.2, -0.15) is 23.3 Å². The predicted octanol–water partition coefficient (Wildman–Crippen LogP) is 5.81. The van der Waals surface area contributed by atoms with Crippen LogP contribution in [0.15, 0.2) is 37.1 Å². The molecule has 262 valence electrons. The van der Waals surface area contributed by atoms with Crippen LogP contribution in [0, 0.1) is 12.3 Å². The number of fused-ring (bicyclic) bond motifs is 2. The number of aryl methyl sites for hydroxylation is 1. The van der Waals surface area contributed by atoms with E-state index in [2.05, 4.69) is 44.6 Å². The molecule has 4 aromatic rings. The number of rotatable bonds is 7.